The van der Waals surface area contributed by atoms with Gasteiger partial charge in [-0.1, -0.05) is 56.5 Å². The molecule has 2 fully saturated rings. The number of anilines is 1. The van der Waals surface area contributed by atoms with E-state index in [4.69, 9.17) is 16.6 Å². The number of nitrogens with zero attached hydrogens (tertiary/aromatic N) is 5. The molecule has 1 aliphatic carbocycles. The fourth-order valence-electron chi connectivity index (χ4n) is 4.81. The molecule has 1 atom stereocenters. The summed E-state index contributed by atoms with van der Waals surface area (Å²) in [6.07, 6.45) is 7.54. The molecule has 9 heteroatoms. The number of hydrogen-bond acceptors (Lipinski definition) is 6. The van der Waals surface area contributed by atoms with Crippen LogP contribution in [0.25, 0.3) is 0 Å². The average molecular weight is 496 g/mol. The maximum absolute atomic E-state index is 13.0. The van der Waals surface area contributed by atoms with E-state index < -0.39 is 0 Å². The standard InChI is InChI=1S/C24H38ClN5O2S/c1-4-11-28(12-5-2)22(31)17-33-24-26-20(25)15-21(27-24)29-13-14-30(18(3)16-29)23(32)19-9-7-6-8-10-19/h15,18-19H,4-14,16-17H2,1-3H3. The molecule has 1 saturated heterocycles. The summed E-state index contributed by atoms with van der Waals surface area (Å²) >= 11 is 7.65. The maximum atomic E-state index is 13.0. The van der Waals surface area contributed by atoms with Crippen LogP contribution in [0.15, 0.2) is 11.2 Å². The molecular weight excluding hydrogens is 458 g/mol. The molecule has 0 N–H and O–H groups in total. The SMILES string of the molecule is CCCN(CCC)C(=O)CSc1nc(Cl)cc(N2CCN(C(=O)C3CCCCC3)C(C)C2)n1. The van der Waals surface area contributed by atoms with Crippen LogP contribution >= 0.6 is 23.4 Å². The second-order valence-electron chi connectivity index (χ2n) is 9.16. The Kier molecular flexibility index (Phi) is 10.1. The molecule has 1 aromatic rings. The van der Waals surface area contributed by atoms with Gasteiger partial charge < -0.3 is 14.7 Å². The van der Waals surface area contributed by atoms with Crippen LogP contribution in [-0.4, -0.2) is 76.1 Å². The van der Waals surface area contributed by atoms with E-state index in [1.807, 2.05) is 4.90 Å². The average Bonchev–Trinajstić information content (AvgIpc) is 2.82. The quantitative estimate of drug-likeness (QED) is 0.285. The van der Waals surface area contributed by atoms with Gasteiger partial charge in [-0.3, -0.25) is 9.59 Å². The summed E-state index contributed by atoms with van der Waals surface area (Å²) in [6, 6.07) is 1.90. The minimum atomic E-state index is 0.109. The lowest BCUT2D eigenvalue weighted by Crippen LogP contribution is -2.55. The van der Waals surface area contributed by atoms with E-state index in [-0.39, 0.29) is 17.9 Å². The molecule has 3 rings (SSSR count). The second kappa shape index (κ2) is 12.8. The molecule has 2 heterocycles. The molecule has 0 bridgehead atoms. The van der Waals surface area contributed by atoms with Crippen LogP contribution in [0, 0.1) is 5.92 Å². The maximum Gasteiger partial charge on any atom is 0.233 e. The number of piperazine rings is 1. The number of aromatic nitrogens is 2. The van der Waals surface area contributed by atoms with Crippen molar-refractivity contribution in [3.63, 3.8) is 0 Å². The topological polar surface area (TPSA) is 69.6 Å². The summed E-state index contributed by atoms with van der Waals surface area (Å²) in [5.74, 6) is 1.69. The molecule has 0 aromatic carbocycles. The summed E-state index contributed by atoms with van der Waals surface area (Å²) in [5.41, 5.74) is 0. The highest BCUT2D eigenvalue weighted by molar-refractivity contribution is 7.99. The third kappa shape index (κ3) is 7.22. The van der Waals surface area contributed by atoms with Crippen LogP contribution in [0.2, 0.25) is 5.15 Å². The zero-order chi connectivity index (χ0) is 23.8. The predicted octanol–water partition coefficient (Wildman–Crippen LogP) is 4.49. The molecule has 0 spiro atoms. The smallest absolute Gasteiger partial charge is 0.233 e. The van der Waals surface area contributed by atoms with E-state index in [0.717, 1.165) is 57.7 Å². The number of hydrogen-bond donors (Lipinski definition) is 0. The van der Waals surface area contributed by atoms with Crippen LogP contribution in [-0.2, 0) is 9.59 Å². The Hall–Kier alpha value is -1.54. The van der Waals surface area contributed by atoms with E-state index in [9.17, 15) is 9.59 Å². The van der Waals surface area contributed by atoms with Gasteiger partial charge in [-0.2, -0.15) is 0 Å². The lowest BCUT2D eigenvalue weighted by atomic mass is 9.88. The molecular formula is C24H38ClN5O2S. The van der Waals surface area contributed by atoms with Gasteiger partial charge in [0.05, 0.1) is 5.75 Å². The lowest BCUT2D eigenvalue weighted by molar-refractivity contribution is -0.139. The van der Waals surface area contributed by atoms with Crippen LogP contribution in [0.1, 0.15) is 65.7 Å². The number of halogens is 1. The van der Waals surface area contributed by atoms with Crippen molar-refractivity contribution in [1.29, 1.82) is 0 Å². The van der Waals surface area contributed by atoms with Gasteiger partial charge >= 0.3 is 0 Å². The van der Waals surface area contributed by atoms with Gasteiger partial charge in [0, 0.05) is 50.7 Å². The highest BCUT2D eigenvalue weighted by atomic mass is 35.5. The molecule has 2 amide bonds. The normalized spacial score (nSPS) is 19.6. The zero-order valence-corrected chi connectivity index (χ0v) is 21.8. The first-order valence-corrected chi connectivity index (χ1v) is 13.8. The highest BCUT2D eigenvalue weighted by Gasteiger charge is 2.33. The molecule has 1 aromatic heterocycles. The molecule has 1 saturated carbocycles. The molecule has 33 heavy (non-hydrogen) atoms. The minimum Gasteiger partial charge on any atom is -0.353 e. The van der Waals surface area contributed by atoms with Gasteiger partial charge in [-0.25, -0.2) is 9.97 Å². The van der Waals surface area contributed by atoms with Crippen molar-refractivity contribution < 1.29 is 9.59 Å². The lowest BCUT2D eigenvalue weighted by Gasteiger charge is -2.42. The van der Waals surface area contributed by atoms with Crippen molar-refractivity contribution in [2.24, 2.45) is 5.92 Å². The van der Waals surface area contributed by atoms with Crippen molar-refractivity contribution in [2.45, 2.75) is 76.9 Å². The molecule has 7 nitrogen and oxygen atoms in total. The van der Waals surface area contributed by atoms with Gasteiger partial charge in [0.2, 0.25) is 11.8 Å². The fraction of sp³-hybridized carbons (Fsp3) is 0.750. The van der Waals surface area contributed by atoms with Crippen molar-refractivity contribution in [1.82, 2.24) is 19.8 Å². The number of rotatable bonds is 9. The summed E-state index contributed by atoms with van der Waals surface area (Å²) in [4.78, 5) is 40.8. The number of amides is 2. The van der Waals surface area contributed by atoms with E-state index in [2.05, 4.69) is 35.6 Å². The molecule has 1 unspecified atom stereocenters. The zero-order valence-electron chi connectivity index (χ0n) is 20.3. The van der Waals surface area contributed by atoms with Crippen LogP contribution < -0.4 is 4.90 Å². The summed E-state index contributed by atoms with van der Waals surface area (Å²) < 4.78 is 0. The first kappa shape index (κ1) is 26.1. The van der Waals surface area contributed by atoms with Gasteiger partial charge in [0.1, 0.15) is 11.0 Å². The Morgan fingerprint density at radius 2 is 1.82 bits per heavy atom. The van der Waals surface area contributed by atoms with Crippen LogP contribution in [0.3, 0.4) is 0 Å². The molecule has 1 aliphatic heterocycles. The van der Waals surface area contributed by atoms with E-state index in [1.165, 1.54) is 31.0 Å². The highest BCUT2D eigenvalue weighted by Crippen LogP contribution is 2.28. The predicted molar refractivity (Wildman–Crippen MR) is 135 cm³/mol. The number of carbonyl (C=O) groups excluding carboxylic acids is 2. The molecule has 0 radical (unpaired) electrons. The van der Waals surface area contributed by atoms with Gasteiger partial charge in [0.25, 0.3) is 0 Å². The first-order chi connectivity index (χ1) is 15.9. The Morgan fingerprint density at radius 1 is 1.12 bits per heavy atom. The van der Waals surface area contributed by atoms with Gasteiger partial charge in [-0.05, 0) is 32.6 Å². The number of carbonyl (C=O) groups is 2. The van der Waals surface area contributed by atoms with E-state index in [1.54, 1.807) is 6.07 Å². The van der Waals surface area contributed by atoms with Crippen molar-refractivity contribution >= 4 is 41.0 Å². The number of thioether (sulfide) groups is 1. The monoisotopic (exact) mass is 495 g/mol. The van der Waals surface area contributed by atoms with Gasteiger partial charge in [0.15, 0.2) is 5.16 Å². The van der Waals surface area contributed by atoms with E-state index >= 15 is 0 Å². The van der Waals surface area contributed by atoms with Crippen molar-refractivity contribution in [3.8, 4) is 0 Å². The third-order valence-corrected chi connectivity index (χ3v) is 7.54. The summed E-state index contributed by atoms with van der Waals surface area (Å²) in [5, 5.41) is 0.898. The molecule has 184 valence electrons. The first-order valence-electron chi connectivity index (χ1n) is 12.4. The second-order valence-corrected chi connectivity index (χ2v) is 10.5. The van der Waals surface area contributed by atoms with Crippen LogP contribution in [0.4, 0.5) is 5.82 Å². The minimum absolute atomic E-state index is 0.109. The van der Waals surface area contributed by atoms with Crippen LogP contribution in [0.5, 0.6) is 0 Å². The summed E-state index contributed by atoms with van der Waals surface area (Å²) in [7, 11) is 0. The Morgan fingerprint density at radius 3 is 2.45 bits per heavy atom. The Labute approximate surface area is 207 Å². The third-order valence-electron chi connectivity index (χ3n) is 6.51. The van der Waals surface area contributed by atoms with Gasteiger partial charge in [-0.15, -0.1) is 0 Å². The fourth-order valence-corrected chi connectivity index (χ4v) is 5.79. The Bertz CT molecular complexity index is 799. The summed E-state index contributed by atoms with van der Waals surface area (Å²) in [6.45, 7) is 9.96. The largest absolute Gasteiger partial charge is 0.353 e. The van der Waals surface area contributed by atoms with E-state index in [0.29, 0.717) is 28.5 Å². The van der Waals surface area contributed by atoms with Crippen molar-refractivity contribution in [2.75, 3.05) is 43.4 Å². The van der Waals surface area contributed by atoms with Crippen molar-refractivity contribution in [3.05, 3.63) is 11.2 Å². The molecule has 2 aliphatic rings. The Balaban J connectivity index is 1.60.